The fraction of sp³-hybridized carbons (Fsp3) is 0.231. The van der Waals surface area contributed by atoms with Gasteiger partial charge in [0.05, 0.1) is 0 Å². The molecule has 0 bridgehead atoms. The summed E-state index contributed by atoms with van der Waals surface area (Å²) in [4.78, 5) is 1.37. The highest BCUT2D eigenvalue weighted by molar-refractivity contribution is 9.10. The molecule has 84 valence electrons. The van der Waals surface area contributed by atoms with Gasteiger partial charge in [0, 0.05) is 15.4 Å². The van der Waals surface area contributed by atoms with Crippen LogP contribution in [-0.4, -0.2) is 6.04 Å². The average Bonchev–Trinajstić information content (AvgIpc) is 2.74. The van der Waals surface area contributed by atoms with Crippen LogP contribution >= 0.6 is 27.3 Å². The van der Waals surface area contributed by atoms with Crippen molar-refractivity contribution >= 4 is 27.3 Å². The normalized spacial score (nSPS) is 12.6. The minimum Gasteiger partial charge on any atom is -0.327 e. The van der Waals surface area contributed by atoms with E-state index in [4.69, 9.17) is 5.73 Å². The van der Waals surface area contributed by atoms with Crippen LogP contribution in [0.25, 0.3) is 0 Å². The first-order valence-electron chi connectivity index (χ1n) is 5.26. The van der Waals surface area contributed by atoms with Crippen LogP contribution in [0.3, 0.4) is 0 Å². The van der Waals surface area contributed by atoms with Crippen molar-refractivity contribution in [2.24, 2.45) is 5.73 Å². The first-order valence-corrected chi connectivity index (χ1v) is 6.94. The molecule has 0 saturated carbocycles. The van der Waals surface area contributed by atoms with Crippen molar-refractivity contribution in [3.05, 3.63) is 56.7 Å². The molecule has 1 unspecified atom stereocenters. The van der Waals surface area contributed by atoms with E-state index in [0.29, 0.717) is 0 Å². The summed E-state index contributed by atoms with van der Waals surface area (Å²) in [5, 5.41) is 2.10. The number of hydrogen-bond donors (Lipinski definition) is 1. The summed E-state index contributed by atoms with van der Waals surface area (Å²) >= 11 is 5.21. The van der Waals surface area contributed by atoms with Crippen molar-refractivity contribution in [3.8, 4) is 0 Å². The van der Waals surface area contributed by atoms with Gasteiger partial charge in [-0.3, -0.25) is 0 Å². The van der Waals surface area contributed by atoms with Crippen LogP contribution in [0, 0.1) is 0 Å². The zero-order valence-electron chi connectivity index (χ0n) is 8.90. The Kier molecular flexibility index (Phi) is 4.16. The number of thiophene rings is 1. The van der Waals surface area contributed by atoms with Gasteiger partial charge >= 0.3 is 0 Å². The minimum atomic E-state index is 0.208. The van der Waals surface area contributed by atoms with Crippen LogP contribution in [0.4, 0.5) is 0 Å². The van der Waals surface area contributed by atoms with E-state index in [1.54, 1.807) is 11.3 Å². The molecule has 0 radical (unpaired) electrons. The Morgan fingerprint density at radius 3 is 2.50 bits per heavy atom. The molecule has 0 amide bonds. The molecule has 1 aromatic carbocycles. The molecule has 1 nitrogen and oxygen atoms in total. The minimum absolute atomic E-state index is 0.208. The third-order valence-corrected chi connectivity index (χ3v) is 3.88. The summed E-state index contributed by atoms with van der Waals surface area (Å²) in [6.07, 6.45) is 1.90. The van der Waals surface area contributed by atoms with Crippen molar-refractivity contribution in [2.45, 2.75) is 18.9 Å². The lowest BCUT2D eigenvalue weighted by molar-refractivity contribution is 0.671. The predicted molar refractivity (Wildman–Crippen MR) is 73.8 cm³/mol. The highest BCUT2D eigenvalue weighted by atomic mass is 79.9. The van der Waals surface area contributed by atoms with Gasteiger partial charge in [0.2, 0.25) is 0 Å². The molecule has 0 saturated heterocycles. The third kappa shape index (κ3) is 3.44. The van der Waals surface area contributed by atoms with E-state index in [-0.39, 0.29) is 6.04 Å². The highest BCUT2D eigenvalue weighted by Gasteiger charge is 2.06. The lowest BCUT2D eigenvalue weighted by atomic mass is 10.0. The van der Waals surface area contributed by atoms with Crippen LogP contribution < -0.4 is 5.73 Å². The lowest BCUT2D eigenvalue weighted by Gasteiger charge is -2.10. The Hall–Kier alpha value is -0.640. The highest BCUT2D eigenvalue weighted by Crippen LogP contribution is 2.15. The maximum absolute atomic E-state index is 6.13. The molecule has 0 aliphatic rings. The van der Waals surface area contributed by atoms with Crippen molar-refractivity contribution in [1.29, 1.82) is 0 Å². The SMILES string of the molecule is NC(Cc1ccc(Br)cc1)Cc1cccs1. The summed E-state index contributed by atoms with van der Waals surface area (Å²) in [6.45, 7) is 0. The summed E-state index contributed by atoms with van der Waals surface area (Å²) in [5.74, 6) is 0. The topological polar surface area (TPSA) is 26.0 Å². The Balaban J connectivity index is 1.92. The molecule has 0 aliphatic carbocycles. The van der Waals surface area contributed by atoms with E-state index in [2.05, 4.69) is 57.7 Å². The molecule has 0 aliphatic heterocycles. The van der Waals surface area contributed by atoms with Crippen LogP contribution in [0.1, 0.15) is 10.4 Å². The van der Waals surface area contributed by atoms with Crippen molar-refractivity contribution in [3.63, 3.8) is 0 Å². The van der Waals surface area contributed by atoms with E-state index in [9.17, 15) is 0 Å². The fourth-order valence-corrected chi connectivity index (χ4v) is 2.75. The second-order valence-corrected chi connectivity index (χ2v) is 5.82. The van der Waals surface area contributed by atoms with E-state index in [1.807, 2.05) is 0 Å². The van der Waals surface area contributed by atoms with Gasteiger partial charge in [-0.1, -0.05) is 34.1 Å². The number of benzene rings is 1. The lowest BCUT2D eigenvalue weighted by Crippen LogP contribution is -2.25. The monoisotopic (exact) mass is 295 g/mol. The Morgan fingerprint density at radius 2 is 1.88 bits per heavy atom. The van der Waals surface area contributed by atoms with Gasteiger partial charge < -0.3 is 5.73 Å². The zero-order valence-corrected chi connectivity index (χ0v) is 11.3. The summed E-state index contributed by atoms with van der Waals surface area (Å²) in [5.41, 5.74) is 7.43. The Labute approximate surface area is 108 Å². The molecule has 3 heteroatoms. The van der Waals surface area contributed by atoms with Gasteiger partial charge in [-0.2, -0.15) is 0 Å². The standard InChI is InChI=1S/C13H14BrNS/c14-11-5-3-10(4-6-11)8-12(15)9-13-2-1-7-16-13/h1-7,12H,8-9,15H2. The second kappa shape index (κ2) is 5.62. The van der Waals surface area contributed by atoms with Crippen LogP contribution in [0.5, 0.6) is 0 Å². The van der Waals surface area contributed by atoms with E-state index < -0.39 is 0 Å². The smallest absolute Gasteiger partial charge is 0.0175 e. The van der Waals surface area contributed by atoms with Gasteiger partial charge in [-0.15, -0.1) is 11.3 Å². The largest absolute Gasteiger partial charge is 0.327 e. The molecule has 1 aromatic heterocycles. The van der Waals surface area contributed by atoms with Crippen molar-refractivity contribution < 1.29 is 0 Å². The molecule has 0 spiro atoms. The van der Waals surface area contributed by atoms with Gasteiger partial charge in [-0.25, -0.2) is 0 Å². The van der Waals surface area contributed by atoms with Crippen LogP contribution in [-0.2, 0) is 12.8 Å². The van der Waals surface area contributed by atoms with Crippen LogP contribution in [0.2, 0.25) is 0 Å². The molecule has 1 atom stereocenters. The third-order valence-electron chi connectivity index (χ3n) is 2.45. The molecule has 2 aromatic rings. The molecular formula is C13H14BrNS. The fourth-order valence-electron chi connectivity index (χ4n) is 1.68. The van der Waals surface area contributed by atoms with Gasteiger partial charge in [0.1, 0.15) is 0 Å². The quantitative estimate of drug-likeness (QED) is 0.916. The van der Waals surface area contributed by atoms with Crippen molar-refractivity contribution in [2.75, 3.05) is 0 Å². The molecule has 2 N–H and O–H groups in total. The molecule has 2 rings (SSSR count). The second-order valence-electron chi connectivity index (χ2n) is 3.87. The molecular weight excluding hydrogens is 282 g/mol. The molecule has 16 heavy (non-hydrogen) atoms. The maximum atomic E-state index is 6.13. The first-order chi connectivity index (χ1) is 7.74. The maximum Gasteiger partial charge on any atom is 0.0175 e. The summed E-state index contributed by atoms with van der Waals surface area (Å²) < 4.78 is 1.11. The molecule has 0 fully saturated rings. The number of rotatable bonds is 4. The van der Waals surface area contributed by atoms with Crippen LogP contribution in [0.15, 0.2) is 46.3 Å². The van der Waals surface area contributed by atoms with E-state index in [1.165, 1.54) is 10.4 Å². The zero-order chi connectivity index (χ0) is 11.4. The van der Waals surface area contributed by atoms with Gasteiger partial charge in [0.15, 0.2) is 0 Å². The Morgan fingerprint density at radius 1 is 1.12 bits per heavy atom. The van der Waals surface area contributed by atoms with Gasteiger partial charge in [-0.05, 0) is 42.0 Å². The number of hydrogen-bond acceptors (Lipinski definition) is 2. The molecule has 1 heterocycles. The van der Waals surface area contributed by atoms with E-state index in [0.717, 1.165) is 17.3 Å². The predicted octanol–water partition coefficient (Wildman–Crippen LogP) is 3.62. The van der Waals surface area contributed by atoms with Gasteiger partial charge in [0.25, 0.3) is 0 Å². The first kappa shape index (κ1) is 11.8. The summed E-state index contributed by atoms with van der Waals surface area (Å²) in [6, 6.07) is 12.8. The Bertz CT molecular complexity index is 422. The number of nitrogens with two attached hydrogens (primary N) is 1. The average molecular weight is 296 g/mol. The summed E-state index contributed by atoms with van der Waals surface area (Å²) in [7, 11) is 0. The van der Waals surface area contributed by atoms with E-state index >= 15 is 0 Å². The van der Waals surface area contributed by atoms with Crippen molar-refractivity contribution in [1.82, 2.24) is 0 Å². The number of halogens is 1.